The molecule has 0 N–H and O–H groups in total. The molecule has 2 aliphatic carbocycles. The van der Waals surface area contributed by atoms with E-state index in [-0.39, 0.29) is 0 Å². The SMILES string of the molecule is C=CC1=C(C=C)N(C2=CC=C=C(/C(C=C)=C/C=C\C3CC3)C=C2)CC1. The molecule has 3 rings (SSSR count). The van der Waals surface area contributed by atoms with Crippen molar-refractivity contribution in [3.63, 3.8) is 0 Å². The van der Waals surface area contributed by atoms with Gasteiger partial charge in [-0.05, 0) is 66.7 Å². The molecule has 0 atom stereocenters. The van der Waals surface area contributed by atoms with Gasteiger partial charge < -0.3 is 4.90 Å². The van der Waals surface area contributed by atoms with Crippen LogP contribution in [0, 0.1) is 5.92 Å². The van der Waals surface area contributed by atoms with Crippen molar-refractivity contribution in [3.8, 4) is 0 Å². The topological polar surface area (TPSA) is 3.24 Å². The Morgan fingerprint density at radius 3 is 2.68 bits per heavy atom. The summed E-state index contributed by atoms with van der Waals surface area (Å²) < 4.78 is 0. The third kappa shape index (κ3) is 4.02. The Bertz CT molecular complexity index is 797. The molecule has 1 fully saturated rings. The largest absolute Gasteiger partial charge is 0.341 e. The summed E-state index contributed by atoms with van der Waals surface area (Å²) in [5, 5.41) is 0. The molecule has 1 aliphatic heterocycles. The fraction of sp³-hybridized carbons (Fsp3) is 0.208. The van der Waals surface area contributed by atoms with Crippen molar-refractivity contribution >= 4 is 0 Å². The molecule has 0 spiro atoms. The molecule has 0 aromatic rings. The van der Waals surface area contributed by atoms with Gasteiger partial charge in [-0.2, -0.15) is 0 Å². The second kappa shape index (κ2) is 7.88. The van der Waals surface area contributed by atoms with E-state index >= 15 is 0 Å². The molecule has 1 heterocycles. The predicted molar refractivity (Wildman–Crippen MR) is 108 cm³/mol. The highest BCUT2D eigenvalue weighted by molar-refractivity contribution is 5.51. The predicted octanol–water partition coefficient (Wildman–Crippen LogP) is 5.93. The van der Waals surface area contributed by atoms with Gasteiger partial charge in [0.05, 0.1) is 0 Å². The standard InChI is InChI=1S/C24H25N/c1-4-20(10-7-9-19-13-14-19)22-11-8-12-23(16-15-22)25-18-17-21(5-2)24(25)6-3/h4-10,12,15-16,19H,1-3,13-14,17-18H2/b9-7-,20-10+. The smallest absolute Gasteiger partial charge is 0.0437 e. The number of hydrogen-bond acceptors (Lipinski definition) is 1. The Hall–Kier alpha value is -2.76. The van der Waals surface area contributed by atoms with E-state index in [4.69, 9.17) is 0 Å². The van der Waals surface area contributed by atoms with Crippen molar-refractivity contribution in [2.75, 3.05) is 6.54 Å². The lowest BCUT2D eigenvalue weighted by atomic mass is 10.1. The number of rotatable bonds is 7. The van der Waals surface area contributed by atoms with Crippen LogP contribution in [0.3, 0.4) is 0 Å². The van der Waals surface area contributed by atoms with Crippen molar-refractivity contribution in [2.45, 2.75) is 19.3 Å². The first kappa shape index (κ1) is 17.1. The van der Waals surface area contributed by atoms with Gasteiger partial charge in [-0.1, -0.05) is 50.1 Å². The van der Waals surface area contributed by atoms with E-state index in [2.05, 4.69) is 66.8 Å². The summed E-state index contributed by atoms with van der Waals surface area (Å²) in [5.41, 5.74) is 9.05. The zero-order valence-corrected chi connectivity index (χ0v) is 14.7. The van der Waals surface area contributed by atoms with Crippen molar-refractivity contribution in [2.24, 2.45) is 5.92 Å². The van der Waals surface area contributed by atoms with Crippen molar-refractivity contribution in [1.82, 2.24) is 4.90 Å². The average molecular weight is 327 g/mol. The quantitative estimate of drug-likeness (QED) is 0.413. The highest BCUT2D eigenvalue weighted by atomic mass is 15.2. The maximum atomic E-state index is 3.96. The van der Waals surface area contributed by atoms with E-state index in [1.54, 1.807) is 0 Å². The highest BCUT2D eigenvalue weighted by Gasteiger charge is 2.20. The monoisotopic (exact) mass is 327 g/mol. The van der Waals surface area contributed by atoms with Crippen molar-refractivity contribution in [3.05, 3.63) is 114 Å². The molecule has 0 bridgehead atoms. The summed E-state index contributed by atoms with van der Waals surface area (Å²) in [6.07, 6.45) is 24.3. The van der Waals surface area contributed by atoms with Crippen LogP contribution in [0.2, 0.25) is 0 Å². The van der Waals surface area contributed by atoms with Gasteiger partial charge >= 0.3 is 0 Å². The molecule has 0 radical (unpaired) electrons. The normalized spacial score (nSPS) is 20.6. The van der Waals surface area contributed by atoms with E-state index < -0.39 is 0 Å². The first-order chi connectivity index (χ1) is 12.3. The summed E-state index contributed by atoms with van der Waals surface area (Å²) in [7, 11) is 0. The second-order valence-electron chi connectivity index (χ2n) is 6.42. The summed E-state index contributed by atoms with van der Waals surface area (Å²) in [6.45, 7) is 12.8. The molecular weight excluding hydrogens is 302 g/mol. The lowest BCUT2D eigenvalue weighted by Gasteiger charge is -2.21. The Morgan fingerprint density at radius 2 is 2.00 bits per heavy atom. The minimum atomic E-state index is 0.781. The van der Waals surface area contributed by atoms with Crippen molar-refractivity contribution < 1.29 is 0 Å². The van der Waals surface area contributed by atoms with Crippen LogP contribution >= 0.6 is 0 Å². The number of nitrogens with zero attached hydrogens (tertiary/aromatic N) is 1. The van der Waals surface area contributed by atoms with E-state index in [1.165, 1.54) is 18.4 Å². The van der Waals surface area contributed by atoms with Crippen LogP contribution in [0.15, 0.2) is 114 Å². The minimum absolute atomic E-state index is 0.781. The van der Waals surface area contributed by atoms with Crippen LogP contribution in [0.5, 0.6) is 0 Å². The highest BCUT2D eigenvalue weighted by Crippen LogP contribution is 2.31. The molecule has 126 valence electrons. The van der Waals surface area contributed by atoms with Gasteiger partial charge in [-0.15, -0.1) is 5.73 Å². The van der Waals surface area contributed by atoms with Crippen molar-refractivity contribution in [1.29, 1.82) is 0 Å². The third-order valence-corrected chi connectivity index (χ3v) is 4.70. The Kier molecular flexibility index (Phi) is 5.38. The fourth-order valence-electron chi connectivity index (χ4n) is 3.09. The van der Waals surface area contributed by atoms with Crippen LogP contribution < -0.4 is 0 Å². The Labute approximate surface area is 151 Å². The molecule has 3 aliphatic rings. The maximum Gasteiger partial charge on any atom is 0.0437 e. The van der Waals surface area contributed by atoms with Gasteiger partial charge in [-0.3, -0.25) is 0 Å². The molecule has 0 aromatic heterocycles. The van der Waals surface area contributed by atoms with Gasteiger partial charge in [-0.25, -0.2) is 0 Å². The number of allylic oxidation sites excluding steroid dienone is 11. The summed E-state index contributed by atoms with van der Waals surface area (Å²) in [5.74, 6) is 0.781. The van der Waals surface area contributed by atoms with Crippen LogP contribution in [0.1, 0.15) is 19.3 Å². The molecule has 1 saturated carbocycles. The minimum Gasteiger partial charge on any atom is -0.341 e. The van der Waals surface area contributed by atoms with Gasteiger partial charge in [0.15, 0.2) is 0 Å². The zero-order valence-electron chi connectivity index (χ0n) is 14.7. The van der Waals surface area contributed by atoms with Gasteiger partial charge in [0.2, 0.25) is 0 Å². The molecule has 1 nitrogen and oxygen atoms in total. The third-order valence-electron chi connectivity index (χ3n) is 4.70. The summed E-state index contributed by atoms with van der Waals surface area (Å²) in [4.78, 5) is 2.28. The van der Waals surface area contributed by atoms with E-state index in [0.717, 1.165) is 41.4 Å². The van der Waals surface area contributed by atoms with Crippen LogP contribution in [-0.4, -0.2) is 11.4 Å². The molecule has 0 aromatic carbocycles. The van der Waals surface area contributed by atoms with Crippen LogP contribution in [-0.2, 0) is 0 Å². The first-order valence-electron chi connectivity index (χ1n) is 8.88. The summed E-state index contributed by atoms with van der Waals surface area (Å²) >= 11 is 0. The van der Waals surface area contributed by atoms with E-state index in [9.17, 15) is 0 Å². The second-order valence-corrected chi connectivity index (χ2v) is 6.42. The molecule has 0 amide bonds. The molecule has 25 heavy (non-hydrogen) atoms. The fourth-order valence-corrected chi connectivity index (χ4v) is 3.09. The summed E-state index contributed by atoms with van der Waals surface area (Å²) in [6, 6.07) is 0. The van der Waals surface area contributed by atoms with E-state index in [1.807, 2.05) is 24.3 Å². The number of hydrogen-bond donors (Lipinski definition) is 0. The Balaban J connectivity index is 1.78. The molecule has 1 heteroatoms. The first-order valence-corrected chi connectivity index (χ1v) is 8.88. The molecular formula is C24H25N. The Morgan fingerprint density at radius 1 is 1.16 bits per heavy atom. The van der Waals surface area contributed by atoms with Crippen LogP contribution in [0.25, 0.3) is 0 Å². The van der Waals surface area contributed by atoms with E-state index in [0.29, 0.717) is 0 Å². The lowest BCUT2D eigenvalue weighted by molar-refractivity contribution is 0.494. The average Bonchev–Trinajstić information content (AvgIpc) is 3.41. The maximum absolute atomic E-state index is 3.96. The lowest BCUT2D eigenvalue weighted by Crippen LogP contribution is -2.16. The van der Waals surface area contributed by atoms with Gasteiger partial charge in [0, 0.05) is 23.5 Å². The molecule has 0 saturated heterocycles. The van der Waals surface area contributed by atoms with Gasteiger partial charge in [0.25, 0.3) is 0 Å². The van der Waals surface area contributed by atoms with Crippen LogP contribution in [0.4, 0.5) is 0 Å². The van der Waals surface area contributed by atoms with Gasteiger partial charge in [0.1, 0.15) is 0 Å². The molecule has 0 unspecified atom stereocenters. The zero-order chi connectivity index (χ0) is 17.6.